The summed E-state index contributed by atoms with van der Waals surface area (Å²) in [5.74, 6) is -0.163. The molecule has 0 saturated carbocycles. The molecule has 0 fully saturated rings. The maximum atomic E-state index is 12.1. The van der Waals surface area contributed by atoms with Gasteiger partial charge in [0.05, 0.1) is 16.4 Å². The minimum absolute atomic E-state index is 0.0376. The summed E-state index contributed by atoms with van der Waals surface area (Å²) in [4.78, 5) is 23.6. The topological polar surface area (TPSA) is 104 Å². The van der Waals surface area contributed by atoms with Gasteiger partial charge in [-0.05, 0) is 24.3 Å². The van der Waals surface area contributed by atoms with Gasteiger partial charge in [-0.3, -0.25) is 10.2 Å². The van der Waals surface area contributed by atoms with E-state index in [-0.39, 0.29) is 22.2 Å². The molecule has 0 bridgehead atoms. The van der Waals surface area contributed by atoms with Crippen molar-refractivity contribution in [1.82, 2.24) is 10.9 Å². The lowest BCUT2D eigenvalue weighted by atomic mass is 10.3. The molecule has 0 unspecified atom stereocenters. The fourth-order valence-electron chi connectivity index (χ4n) is 1.93. The Hall–Kier alpha value is -2.52. The van der Waals surface area contributed by atoms with Crippen molar-refractivity contribution in [2.45, 2.75) is 4.90 Å². The van der Waals surface area contributed by atoms with Crippen LogP contribution in [0.4, 0.5) is 10.5 Å². The molecule has 3 amide bonds. The lowest BCUT2D eigenvalue weighted by Gasteiger charge is -2.09. The van der Waals surface area contributed by atoms with Crippen LogP contribution < -0.4 is 16.2 Å². The van der Waals surface area contributed by atoms with Crippen LogP contribution in [0.25, 0.3) is 0 Å². The van der Waals surface area contributed by atoms with E-state index in [9.17, 15) is 18.0 Å². The fraction of sp³-hybridized carbons (Fsp3) is 0.176. The standard InChI is InChI=1S/C17H19N3O4S2/c21-16(19-20-17(22)18-14-7-3-1-4-8-14)13-25-11-12-26(23,24)15-9-5-2-6-10-15/h1-10H,11-13H2,(H,19,21)(H2,18,20,22). The van der Waals surface area contributed by atoms with Gasteiger partial charge in [0.25, 0.3) is 0 Å². The van der Waals surface area contributed by atoms with Crippen molar-refractivity contribution in [3.05, 3.63) is 60.7 Å². The first kappa shape index (κ1) is 19.8. The average molecular weight is 393 g/mol. The van der Waals surface area contributed by atoms with Gasteiger partial charge in [0, 0.05) is 11.4 Å². The number of para-hydroxylation sites is 1. The van der Waals surface area contributed by atoms with E-state index in [0.29, 0.717) is 5.69 Å². The molecule has 138 valence electrons. The van der Waals surface area contributed by atoms with Crippen molar-refractivity contribution in [1.29, 1.82) is 0 Å². The highest BCUT2D eigenvalue weighted by Gasteiger charge is 2.14. The van der Waals surface area contributed by atoms with Crippen LogP contribution in [0.1, 0.15) is 0 Å². The largest absolute Gasteiger partial charge is 0.337 e. The second-order valence-corrected chi connectivity index (χ2v) is 8.39. The molecule has 0 heterocycles. The molecule has 0 atom stereocenters. The van der Waals surface area contributed by atoms with Crippen molar-refractivity contribution in [2.75, 3.05) is 22.6 Å². The zero-order valence-corrected chi connectivity index (χ0v) is 15.5. The second kappa shape index (κ2) is 9.83. The second-order valence-electron chi connectivity index (χ2n) is 5.18. The molecule has 0 saturated heterocycles. The molecular formula is C17H19N3O4S2. The summed E-state index contributed by atoms with van der Waals surface area (Å²) in [6.45, 7) is 0. The number of anilines is 1. The van der Waals surface area contributed by atoms with Crippen molar-refractivity contribution >= 4 is 39.2 Å². The maximum absolute atomic E-state index is 12.1. The van der Waals surface area contributed by atoms with Gasteiger partial charge >= 0.3 is 6.03 Å². The van der Waals surface area contributed by atoms with Crippen LogP contribution in [-0.2, 0) is 14.6 Å². The molecule has 0 aliphatic heterocycles. The number of nitrogens with one attached hydrogen (secondary N) is 3. The summed E-state index contributed by atoms with van der Waals surface area (Å²) >= 11 is 1.18. The molecule has 3 N–H and O–H groups in total. The number of urea groups is 1. The van der Waals surface area contributed by atoms with Crippen LogP contribution in [0.2, 0.25) is 0 Å². The third-order valence-corrected chi connectivity index (χ3v) is 6.13. The van der Waals surface area contributed by atoms with Gasteiger partial charge in [0.1, 0.15) is 0 Å². The van der Waals surface area contributed by atoms with Gasteiger partial charge in [0.15, 0.2) is 9.84 Å². The molecule has 0 aromatic heterocycles. The summed E-state index contributed by atoms with van der Waals surface area (Å²) in [7, 11) is -3.35. The van der Waals surface area contributed by atoms with Gasteiger partial charge in [-0.15, -0.1) is 0 Å². The maximum Gasteiger partial charge on any atom is 0.337 e. The molecule has 7 nitrogen and oxygen atoms in total. The predicted octanol–water partition coefficient (Wildman–Crippen LogP) is 2.05. The highest BCUT2D eigenvalue weighted by Crippen LogP contribution is 2.12. The Morgan fingerprint density at radius 2 is 1.50 bits per heavy atom. The number of sulfone groups is 1. The van der Waals surface area contributed by atoms with Crippen LogP contribution in [0.15, 0.2) is 65.6 Å². The number of benzene rings is 2. The summed E-state index contributed by atoms with van der Waals surface area (Å²) in [5, 5.41) is 2.55. The Bertz CT molecular complexity index is 828. The van der Waals surface area contributed by atoms with E-state index in [1.54, 1.807) is 54.6 Å². The highest BCUT2D eigenvalue weighted by atomic mass is 32.2. The first-order chi connectivity index (χ1) is 12.5. The summed E-state index contributed by atoms with van der Waals surface area (Å²) in [5.41, 5.74) is 5.09. The number of carbonyl (C=O) groups is 2. The Labute approximate surface area is 156 Å². The number of rotatable bonds is 7. The fourth-order valence-corrected chi connectivity index (χ4v) is 4.48. The van der Waals surface area contributed by atoms with E-state index in [1.165, 1.54) is 11.8 Å². The van der Waals surface area contributed by atoms with Crippen molar-refractivity contribution in [2.24, 2.45) is 0 Å². The Morgan fingerprint density at radius 3 is 2.15 bits per heavy atom. The average Bonchev–Trinajstić information content (AvgIpc) is 2.65. The van der Waals surface area contributed by atoms with E-state index in [4.69, 9.17) is 0 Å². The Balaban J connectivity index is 1.64. The van der Waals surface area contributed by atoms with Crippen molar-refractivity contribution < 1.29 is 18.0 Å². The van der Waals surface area contributed by atoms with Crippen molar-refractivity contribution in [3.8, 4) is 0 Å². The van der Waals surface area contributed by atoms with Crippen LogP contribution in [-0.4, -0.2) is 37.6 Å². The lowest BCUT2D eigenvalue weighted by Crippen LogP contribution is -2.44. The Morgan fingerprint density at radius 1 is 0.885 bits per heavy atom. The van der Waals surface area contributed by atoms with E-state index in [1.807, 2.05) is 6.07 Å². The molecule has 9 heteroatoms. The number of hydrogen-bond acceptors (Lipinski definition) is 5. The molecule has 0 aliphatic rings. The minimum atomic E-state index is -3.35. The van der Waals surface area contributed by atoms with Gasteiger partial charge in [0.2, 0.25) is 5.91 Å². The first-order valence-corrected chi connectivity index (χ1v) is 10.5. The number of carbonyl (C=O) groups excluding carboxylic acids is 2. The predicted molar refractivity (Wildman–Crippen MR) is 103 cm³/mol. The number of amides is 3. The molecule has 2 aromatic carbocycles. The normalized spacial score (nSPS) is 10.8. The molecule has 0 radical (unpaired) electrons. The van der Waals surface area contributed by atoms with Gasteiger partial charge in [-0.1, -0.05) is 36.4 Å². The molecular weight excluding hydrogens is 374 g/mol. The zero-order chi connectivity index (χ0) is 18.8. The van der Waals surface area contributed by atoms with Gasteiger partial charge in [-0.2, -0.15) is 11.8 Å². The Kier molecular flexibility index (Phi) is 7.49. The molecule has 2 aromatic rings. The minimum Gasteiger partial charge on any atom is -0.307 e. The molecule has 0 spiro atoms. The van der Waals surface area contributed by atoms with Crippen LogP contribution in [0.5, 0.6) is 0 Å². The summed E-state index contributed by atoms with van der Waals surface area (Å²) in [6, 6.07) is 16.4. The van der Waals surface area contributed by atoms with Gasteiger partial charge < -0.3 is 5.32 Å². The monoisotopic (exact) mass is 393 g/mol. The molecule has 26 heavy (non-hydrogen) atoms. The lowest BCUT2D eigenvalue weighted by molar-refractivity contribution is -0.119. The van der Waals surface area contributed by atoms with E-state index >= 15 is 0 Å². The van der Waals surface area contributed by atoms with Crippen LogP contribution >= 0.6 is 11.8 Å². The number of thioether (sulfide) groups is 1. The van der Waals surface area contributed by atoms with Gasteiger partial charge in [-0.25, -0.2) is 18.6 Å². The third-order valence-electron chi connectivity index (χ3n) is 3.18. The summed E-state index contributed by atoms with van der Waals surface area (Å²) < 4.78 is 24.2. The number of hydrogen-bond donors (Lipinski definition) is 3. The highest BCUT2D eigenvalue weighted by molar-refractivity contribution is 8.01. The van der Waals surface area contributed by atoms with E-state index < -0.39 is 21.8 Å². The first-order valence-electron chi connectivity index (χ1n) is 7.74. The van der Waals surface area contributed by atoms with Crippen LogP contribution in [0.3, 0.4) is 0 Å². The summed E-state index contributed by atoms with van der Waals surface area (Å²) in [6.07, 6.45) is 0. The molecule has 0 aliphatic carbocycles. The van der Waals surface area contributed by atoms with Crippen molar-refractivity contribution in [3.63, 3.8) is 0 Å². The number of hydrazine groups is 1. The quantitative estimate of drug-likeness (QED) is 0.493. The zero-order valence-electron chi connectivity index (χ0n) is 13.8. The molecule has 2 rings (SSSR count). The van der Waals surface area contributed by atoms with Crippen LogP contribution in [0, 0.1) is 0 Å². The SMILES string of the molecule is O=C(CSCCS(=O)(=O)c1ccccc1)NNC(=O)Nc1ccccc1. The smallest absolute Gasteiger partial charge is 0.307 e. The third kappa shape index (κ3) is 6.77. The van der Waals surface area contributed by atoms with E-state index in [2.05, 4.69) is 16.2 Å². The van der Waals surface area contributed by atoms with E-state index in [0.717, 1.165) is 0 Å².